The molecule has 3 rings (SSSR count). The summed E-state index contributed by atoms with van der Waals surface area (Å²) >= 11 is 0. The molecule has 6 nitrogen and oxygen atoms in total. The van der Waals surface area contributed by atoms with Crippen molar-refractivity contribution in [2.75, 3.05) is 32.7 Å². The lowest BCUT2D eigenvalue weighted by atomic mass is 9.87. The topological polar surface area (TPSA) is 90.4 Å². The first-order valence-electron chi connectivity index (χ1n) is 9.36. The van der Waals surface area contributed by atoms with Crippen LogP contribution in [0.25, 0.3) is 0 Å². The van der Waals surface area contributed by atoms with Crippen LogP contribution >= 0.6 is 0 Å². The van der Waals surface area contributed by atoms with Crippen molar-refractivity contribution in [3.63, 3.8) is 0 Å². The molecular weight excluding hydrogens is 328 g/mol. The van der Waals surface area contributed by atoms with Crippen molar-refractivity contribution >= 4 is 11.8 Å². The number of primary amides is 1. The minimum absolute atomic E-state index is 0.0263. The smallest absolute Gasteiger partial charge is 0.231 e. The molecular formula is C20H26N4O2. The van der Waals surface area contributed by atoms with E-state index < -0.39 is 0 Å². The van der Waals surface area contributed by atoms with Gasteiger partial charge in [-0.05, 0) is 55.8 Å². The number of hydrogen-bond donors (Lipinski definition) is 1. The zero-order chi connectivity index (χ0) is 18.5. The van der Waals surface area contributed by atoms with Crippen molar-refractivity contribution in [1.82, 2.24) is 9.80 Å². The van der Waals surface area contributed by atoms with E-state index in [2.05, 4.69) is 12.1 Å². The van der Waals surface area contributed by atoms with Crippen LogP contribution in [0.15, 0.2) is 24.3 Å². The Balaban J connectivity index is 1.55. The van der Waals surface area contributed by atoms with Crippen LogP contribution in [-0.4, -0.2) is 54.3 Å². The monoisotopic (exact) mass is 354 g/mol. The van der Waals surface area contributed by atoms with Crippen molar-refractivity contribution in [1.29, 1.82) is 5.26 Å². The molecule has 2 saturated heterocycles. The normalized spacial score (nSPS) is 22.0. The zero-order valence-corrected chi connectivity index (χ0v) is 15.1. The van der Waals surface area contributed by atoms with Gasteiger partial charge in [0.2, 0.25) is 11.8 Å². The van der Waals surface area contributed by atoms with Gasteiger partial charge in [0.05, 0.1) is 24.1 Å². The minimum atomic E-state index is -0.335. The van der Waals surface area contributed by atoms with E-state index >= 15 is 0 Å². The third-order valence-electron chi connectivity index (χ3n) is 5.53. The summed E-state index contributed by atoms with van der Waals surface area (Å²) in [6.07, 6.45) is 3.68. The molecule has 6 heteroatoms. The SMILES string of the molecule is N#Cc1cccc(C2CCN(C(=O)C3CCCN(CC(N)=O)C3)CC2)c1. The van der Waals surface area contributed by atoms with E-state index in [1.54, 1.807) is 0 Å². The summed E-state index contributed by atoms with van der Waals surface area (Å²) in [5.41, 5.74) is 7.17. The highest BCUT2D eigenvalue weighted by Gasteiger charge is 2.32. The Kier molecular flexibility index (Phi) is 5.89. The second kappa shape index (κ2) is 8.33. The number of benzene rings is 1. The molecule has 0 saturated carbocycles. The van der Waals surface area contributed by atoms with Gasteiger partial charge in [-0.1, -0.05) is 12.1 Å². The van der Waals surface area contributed by atoms with Crippen molar-refractivity contribution in [2.45, 2.75) is 31.6 Å². The van der Waals surface area contributed by atoms with E-state index in [0.29, 0.717) is 18.0 Å². The quantitative estimate of drug-likeness (QED) is 0.886. The number of likely N-dealkylation sites (tertiary alicyclic amines) is 2. The molecule has 138 valence electrons. The molecule has 0 spiro atoms. The lowest BCUT2D eigenvalue weighted by Crippen LogP contribution is -2.48. The Labute approximate surface area is 154 Å². The van der Waals surface area contributed by atoms with Gasteiger partial charge in [-0.2, -0.15) is 5.26 Å². The van der Waals surface area contributed by atoms with Crippen LogP contribution < -0.4 is 5.73 Å². The van der Waals surface area contributed by atoms with Crippen molar-refractivity contribution in [2.24, 2.45) is 11.7 Å². The molecule has 2 aliphatic heterocycles. The van der Waals surface area contributed by atoms with Gasteiger partial charge in [0, 0.05) is 19.6 Å². The number of piperidine rings is 2. The van der Waals surface area contributed by atoms with Gasteiger partial charge >= 0.3 is 0 Å². The predicted molar refractivity (Wildman–Crippen MR) is 98.1 cm³/mol. The molecule has 2 amide bonds. The molecule has 1 unspecified atom stereocenters. The summed E-state index contributed by atoms with van der Waals surface area (Å²) in [7, 11) is 0. The fraction of sp³-hybridized carbons (Fsp3) is 0.550. The minimum Gasteiger partial charge on any atom is -0.369 e. The van der Waals surface area contributed by atoms with Gasteiger partial charge in [0.15, 0.2) is 0 Å². The van der Waals surface area contributed by atoms with E-state index in [4.69, 9.17) is 11.0 Å². The first-order chi connectivity index (χ1) is 12.6. The Morgan fingerprint density at radius 2 is 1.96 bits per heavy atom. The van der Waals surface area contributed by atoms with E-state index in [1.165, 1.54) is 5.56 Å². The number of hydrogen-bond acceptors (Lipinski definition) is 4. The molecule has 0 radical (unpaired) electrons. The molecule has 2 N–H and O–H groups in total. The highest BCUT2D eigenvalue weighted by molar-refractivity contribution is 5.80. The maximum absolute atomic E-state index is 12.9. The van der Waals surface area contributed by atoms with Crippen LogP contribution in [0.3, 0.4) is 0 Å². The van der Waals surface area contributed by atoms with Crippen molar-refractivity contribution < 1.29 is 9.59 Å². The molecule has 0 aliphatic carbocycles. The third kappa shape index (κ3) is 4.41. The molecule has 1 aromatic rings. The van der Waals surface area contributed by atoms with Crippen LogP contribution in [0, 0.1) is 17.2 Å². The maximum atomic E-state index is 12.9. The number of carbonyl (C=O) groups is 2. The fourth-order valence-corrected chi connectivity index (χ4v) is 4.17. The van der Waals surface area contributed by atoms with E-state index in [1.807, 2.05) is 28.0 Å². The van der Waals surface area contributed by atoms with Crippen molar-refractivity contribution in [3.05, 3.63) is 35.4 Å². The van der Waals surface area contributed by atoms with Gasteiger partial charge in [0.1, 0.15) is 0 Å². The summed E-state index contributed by atoms with van der Waals surface area (Å²) in [5, 5.41) is 9.06. The lowest BCUT2D eigenvalue weighted by Gasteiger charge is -2.37. The molecule has 2 heterocycles. The average molecular weight is 354 g/mol. The molecule has 26 heavy (non-hydrogen) atoms. The van der Waals surface area contributed by atoms with Gasteiger partial charge in [-0.3, -0.25) is 14.5 Å². The highest BCUT2D eigenvalue weighted by Crippen LogP contribution is 2.30. The molecule has 2 fully saturated rings. The molecule has 2 aliphatic rings. The summed E-state index contributed by atoms with van der Waals surface area (Å²) in [4.78, 5) is 28.0. The first-order valence-corrected chi connectivity index (χ1v) is 9.36. The van der Waals surface area contributed by atoms with Crippen molar-refractivity contribution in [3.8, 4) is 6.07 Å². The summed E-state index contributed by atoms with van der Waals surface area (Å²) in [6, 6.07) is 9.98. The van der Waals surface area contributed by atoms with E-state index in [0.717, 1.165) is 45.3 Å². The maximum Gasteiger partial charge on any atom is 0.231 e. The van der Waals surface area contributed by atoms with Gasteiger partial charge in [0.25, 0.3) is 0 Å². The van der Waals surface area contributed by atoms with E-state index in [9.17, 15) is 9.59 Å². The Morgan fingerprint density at radius 1 is 1.19 bits per heavy atom. The lowest BCUT2D eigenvalue weighted by molar-refractivity contribution is -0.139. The van der Waals surface area contributed by atoms with Crippen LogP contribution in [0.5, 0.6) is 0 Å². The molecule has 1 atom stereocenters. The number of rotatable bonds is 4. The number of amides is 2. The second-order valence-electron chi connectivity index (χ2n) is 7.38. The first kappa shape index (κ1) is 18.4. The van der Waals surface area contributed by atoms with Crippen LogP contribution in [0.1, 0.15) is 42.7 Å². The number of nitrogens with zero attached hydrogens (tertiary/aromatic N) is 3. The fourth-order valence-electron chi connectivity index (χ4n) is 4.17. The molecule has 1 aromatic carbocycles. The Hall–Kier alpha value is -2.39. The highest BCUT2D eigenvalue weighted by atomic mass is 16.2. The molecule has 0 bridgehead atoms. The predicted octanol–water partition coefficient (Wildman–Crippen LogP) is 1.46. The zero-order valence-electron chi connectivity index (χ0n) is 15.1. The Morgan fingerprint density at radius 3 is 2.65 bits per heavy atom. The average Bonchev–Trinajstić information content (AvgIpc) is 2.67. The van der Waals surface area contributed by atoms with E-state index in [-0.39, 0.29) is 24.3 Å². The van der Waals surface area contributed by atoms with Crippen LogP contribution in [0.4, 0.5) is 0 Å². The molecule has 0 aromatic heterocycles. The van der Waals surface area contributed by atoms with Crippen LogP contribution in [0.2, 0.25) is 0 Å². The van der Waals surface area contributed by atoms with Gasteiger partial charge in [-0.15, -0.1) is 0 Å². The second-order valence-corrected chi connectivity index (χ2v) is 7.38. The van der Waals surface area contributed by atoms with Crippen LogP contribution in [-0.2, 0) is 9.59 Å². The summed E-state index contributed by atoms with van der Waals surface area (Å²) < 4.78 is 0. The summed E-state index contributed by atoms with van der Waals surface area (Å²) in [5.74, 6) is 0.258. The Bertz CT molecular complexity index is 704. The summed E-state index contributed by atoms with van der Waals surface area (Å²) in [6.45, 7) is 3.22. The number of carbonyl (C=O) groups excluding carboxylic acids is 2. The standard InChI is InChI=1S/C20H26N4O2/c21-12-15-3-1-4-17(11-15)16-6-9-24(10-7-16)20(26)18-5-2-8-23(13-18)14-19(22)25/h1,3-4,11,16,18H,2,5-10,13-14H2,(H2,22,25). The van der Waals surface area contributed by atoms with Gasteiger partial charge < -0.3 is 10.6 Å². The third-order valence-corrected chi connectivity index (χ3v) is 5.53. The number of nitriles is 1. The number of nitrogens with two attached hydrogens (primary N) is 1. The van der Waals surface area contributed by atoms with Gasteiger partial charge in [-0.25, -0.2) is 0 Å². The largest absolute Gasteiger partial charge is 0.369 e.